The zero-order chi connectivity index (χ0) is 19.7. The van der Waals surface area contributed by atoms with Crippen LogP contribution in [0.25, 0.3) is 0 Å². The summed E-state index contributed by atoms with van der Waals surface area (Å²) < 4.78 is 0. The van der Waals surface area contributed by atoms with E-state index in [2.05, 4.69) is 41.4 Å². The fourth-order valence-corrected chi connectivity index (χ4v) is 4.45. The summed E-state index contributed by atoms with van der Waals surface area (Å²) in [6.07, 6.45) is 7.34. The first-order valence-corrected chi connectivity index (χ1v) is 11.4. The summed E-state index contributed by atoms with van der Waals surface area (Å²) in [5, 5.41) is 3.02. The van der Waals surface area contributed by atoms with Gasteiger partial charge in [-0.1, -0.05) is 19.9 Å². The Kier molecular flexibility index (Phi) is 5.37. The molecule has 1 spiro atoms. The molecule has 1 N–H and O–H groups in total. The summed E-state index contributed by atoms with van der Waals surface area (Å²) in [4.78, 5) is 21.3. The second-order valence-corrected chi connectivity index (χ2v) is 9.31. The van der Waals surface area contributed by atoms with Crippen LogP contribution in [0.3, 0.4) is 0 Å². The van der Waals surface area contributed by atoms with Gasteiger partial charge in [0.15, 0.2) is 0 Å². The van der Waals surface area contributed by atoms with Gasteiger partial charge in [0.25, 0.3) is 5.91 Å². The maximum Gasteiger partial charge on any atom is 0.258 e. The molecule has 1 aromatic heterocycles. The minimum Gasteiger partial charge on any atom is -0.371 e. The molecule has 1 saturated carbocycles. The molecule has 1 aliphatic carbocycles. The molecule has 2 aromatic rings. The van der Waals surface area contributed by atoms with Gasteiger partial charge in [0.2, 0.25) is 0 Å². The molecular formula is C23H29N3OS. The van der Waals surface area contributed by atoms with E-state index in [1.807, 2.05) is 30.3 Å². The van der Waals surface area contributed by atoms with Crippen LogP contribution in [0.4, 0.5) is 11.5 Å². The number of aromatic nitrogens is 1. The fraction of sp³-hybridized carbons (Fsp3) is 0.478. The average molecular weight is 396 g/mol. The predicted octanol–water partition coefficient (Wildman–Crippen LogP) is 5.56. The summed E-state index contributed by atoms with van der Waals surface area (Å²) in [7, 11) is 0. The third-order valence-electron chi connectivity index (χ3n) is 6.18. The van der Waals surface area contributed by atoms with E-state index in [-0.39, 0.29) is 5.91 Å². The number of carbonyl (C=O) groups excluding carboxylic acids is 1. The van der Waals surface area contributed by atoms with Crippen molar-refractivity contribution in [3.8, 4) is 0 Å². The van der Waals surface area contributed by atoms with Gasteiger partial charge < -0.3 is 10.2 Å². The van der Waals surface area contributed by atoms with Crippen LogP contribution in [0.5, 0.6) is 0 Å². The second-order valence-electron chi connectivity index (χ2n) is 8.43. The van der Waals surface area contributed by atoms with E-state index in [1.165, 1.54) is 30.6 Å². The molecule has 0 bridgehead atoms. The first kappa shape index (κ1) is 19.3. The molecule has 4 rings (SSSR count). The van der Waals surface area contributed by atoms with Gasteiger partial charge in [0, 0.05) is 23.7 Å². The zero-order valence-electron chi connectivity index (χ0n) is 17.0. The summed E-state index contributed by atoms with van der Waals surface area (Å²) in [5.41, 5.74) is 3.40. The van der Waals surface area contributed by atoms with Crippen LogP contribution >= 0.6 is 11.8 Å². The Morgan fingerprint density at radius 2 is 1.89 bits per heavy atom. The first-order chi connectivity index (χ1) is 13.5. The highest BCUT2D eigenvalue weighted by atomic mass is 32.2. The lowest BCUT2D eigenvalue weighted by atomic mass is 9.93. The van der Waals surface area contributed by atoms with Gasteiger partial charge in [-0.25, -0.2) is 4.98 Å². The van der Waals surface area contributed by atoms with Gasteiger partial charge in [-0.15, -0.1) is 11.8 Å². The monoisotopic (exact) mass is 395 g/mol. The Hall–Kier alpha value is -2.01. The minimum atomic E-state index is -0.0808. The smallest absolute Gasteiger partial charge is 0.258 e. The van der Waals surface area contributed by atoms with Gasteiger partial charge in [0.05, 0.1) is 11.3 Å². The van der Waals surface area contributed by atoms with E-state index in [9.17, 15) is 4.79 Å². The summed E-state index contributed by atoms with van der Waals surface area (Å²) >= 11 is 1.72. The number of hydrogen-bond donors (Lipinski definition) is 1. The standard InChI is InChI=1S/C23H29N3OS/c1-16(2)19-5-4-6-21(24-19)25-22(27)18-8-7-17(28-3)15-20(18)26-13-11-23(9-10-23)12-14-26/h4-8,15-16H,9-14H2,1-3H3,(H,24,25,27). The molecule has 1 amide bonds. The molecule has 1 aromatic carbocycles. The number of carbonyl (C=O) groups is 1. The molecule has 0 radical (unpaired) electrons. The largest absolute Gasteiger partial charge is 0.371 e. The fourth-order valence-electron chi connectivity index (χ4n) is 4.02. The van der Waals surface area contributed by atoms with Crippen molar-refractivity contribution in [3.63, 3.8) is 0 Å². The van der Waals surface area contributed by atoms with Crippen molar-refractivity contribution >= 4 is 29.2 Å². The van der Waals surface area contributed by atoms with Gasteiger partial charge in [-0.2, -0.15) is 0 Å². The molecule has 2 aliphatic rings. The van der Waals surface area contributed by atoms with Crippen LogP contribution in [0.15, 0.2) is 41.3 Å². The number of nitrogens with one attached hydrogen (secondary N) is 1. The molecule has 1 aliphatic heterocycles. The topological polar surface area (TPSA) is 45.2 Å². The number of amides is 1. The van der Waals surface area contributed by atoms with Crippen molar-refractivity contribution in [1.29, 1.82) is 0 Å². The van der Waals surface area contributed by atoms with Crippen LogP contribution in [0.2, 0.25) is 0 Å². The molecule has 148 valence electrons. The Morgan fingerprint density at radius 1 is 1.14 bits per heavy atom. The normalized spacial score (nSPS) is 17.8. The molecule has 0 atom stereocenters. The number of anilines is 2. The lowest BCUT2D eigenvalue weighted by molar-refractivity contribution is 0.102. The lowest BCUT2D eigenvalue weighted by Crippen LogP contribution is -2.35. The number of rotatable bonds is 5. The SMILES string of the molecule is CSc1ccc(C(=O)Nc2cccc(C(C)C)n2)c(N2CCC3(CC2)CC3)c1. The molecule has 5 heteroatoms. The number of piperidine rings is 1. The van der Waals surface area contributed by atoms with Gasteiger partial charge >= 0.3 is 0 Å². The van der Waals surface area contributed by atoms with E-state index >= 15 is 0 Å². The number of benzene rings is 1. The van der Waals surface area contributed by atoms with E-state index in [0.29, 0.717) is 17.2 Å². The number of hydrogen-bond acceptors (Lipinski definition) is 4. The maximum atomic E-state index is 13.1. The van der Waals surface area contributed by atoms with Crippen LogP contribution in [0.1, 0.15) is 61.5 Å². The molecular weight excluding hydrogens is 366 g/mol. The highest BCUT2D eigenvalue weighted by Crippen LogP contribution is 2.54. The Balaban J connectivity index is 1.57. The number of nitrogens with zero attached hydrogens (tertiary/aromatic N) is 2. The lowest BCUT2D eigenvalue weighted by Gasteiger charge is -2.35. The molecule has 2 heterocycles. The van der Waals surface area contributed by atoms with Crippen LogP contribution < -0.4 is 10.2 Å². The Labute approximate surface area is 172 Å². The maximum absolute atomic E-state index is 13.1. The minimum absolute atomic E-state index is 0.0808. The molecule has 0 unspecified atom stereocenters. The van der Waals surface area contributed by atoms with E-state index in [0.717, 1.165) is 30.0 Å². The Bertz CT molecular complexity index is 866. The summed E-state index contributed by atoms with van der Waals surface area (Å²) in [6, 6.07) is 12.0. The number of thioether (sulfide) groups is 1. The quantitative estimate of drug-likeness (QED) is 0.673. The van der Waals surface area contributed by atoms with E-state index in [1.54, 1.807) is 11.8 Å². The second kappa shape index (κ2) is 7.78. The zero-order valence-corrected chi connectivity index (χ0v) is 17.8. The third-order valence-corrected chi connectivity index (χ3v) is 6.90. The average Bonchev–Trinajstić information content (AvgIpc) is 3.47. The highest BCUT2D eigenvalue weighted by molar-refractivity contribution is 7.98. The van der Waals surface area contributed by atoms with Gasteiger partial charge in [0.1, 0.15) is 5.82 Å². The third kappa shape index (κ3) is 4.04. The van der Waals surface area contributed by atoms with Crippen molar-refractivity contribution in [1.82, 2.24) is 4.98 Å². The van der Waals surface area contributed by atoms with Gasteiger partial charge in [-0.3, -0.25) is 4.79 Å². The molecule has 1 saturated heterocycles. The molecule has 28 heavy (non-hydrogen) atoms. The molecule has 2 fully saturated rings. The summed E-state index contributed by atoms with van der Waals surface area (Å²) in [6.45, 7) is 6.30. The first-order valence-electron chi connectivity index (χ1n) is 10.2. The van der Waals surface area contributed by atoms with Crippen molar-refractivity contribution in [2.24, 2.45) is 5.41 Å². The highest BCUT2D eigenvalue weighted by Gasteiger charge is 2.44. The van der Waals surface area contributed by atoms with Crippen molar-refractivity contribution in [2.75, 3.05) is 29.6 Å². The predicted molar refractivity (Wildman–Crippen MR) is 118 cm³/mol. The van der Waals surface area contributed by atoms with Crippen molar-refractivity contribution in [3.05, 3.63) is 47.7 Å². The van der Waals surface area contributed by atoms with Crippen LogP contribution in [-0.2, 0) is 0 Å². The van der Waals surface area contributed by atoms with Crippen LogP contribution in [-0.4, -0.2) is 30.2 Å². The van der Waals surface area contributed by atoms with Crippen molar-refractivity contribution < 1.29 is 4.79 Å². The van der Waals surface area contributed by atoms with E-state index < -0.39 is 0 Å². The number of pyridine rings is 1. The Morgan fingerprint density at radius 3 is 2.54 bits per heavy atom. The van der Waals surface area contributed by atoms with Crippen LogP contribution in [0, 0.1) is 5.41 Å². The van der Waals surface area contributed by atoms with Crippen molar-refractivity contribution in [2.45, 2.75) is 50.3 Å². The van der Waals surface area contributed by atoms with E-state index in [4.69, 9.17) is 0 Å². The molecule has 4 nitrogen and oxygen atoms in total. The summed E-state index contributed by atoms with van der Waals surface area (Å²) in [5.74, 6) is 0.866. The van der Waals surface area contributed by atoms with Gasteiger partial charge in [-0.05, 0) is 73.6 Å².